The van der Waals surface area contributed by atoms with Crippen LogP contribution in [-0.2, 0) is 9.53 Å². The molecule has 0 bridgehead atoms. The van der Waals surface area contributed by atoms with Crippen LogP contribution in [0, 0.1) is 0 Å². The monoisotopic (exact) mass is 160 g/mol. The minimum Gasteiger partial charge on any atom is -0.462 e. The molecule has 1 aliphatic rings. The van der Waals surface area contributed by atoms with Gasteiger partial charge in [0, 0.05) is 12.8 Å². The van der Waals surface area contributed by atoms with Gasteiger partial charge in [-0.1, -0.05) is 0 Å². The van der Waals surface area contributed by atoms with Crippen LogP contribution in [0.25, 0.3) is 0 Å². The van der Waals surface area contributed by atoms with Crippen molar-refractivity contribution in [1.82, 2.24) is 0 Å². The van der Waals surface area contributed by atoms with Crippen LogP contribution in [0.2, 0.25) is 0 Å². The summed E-state index contributed by atoms with van der Waals surface area (Å²) in [6.45, 7) is -0.270. The van der Waals surface area contributed by atoms with E-state index in [4.69, 9.17) is 14.9 Å². The second kappa shape index (κ2) is 3.69. The molecule has 0 saturated carbocycles. The predicted molar refractivity (Wildman–Crippen MR) is 36.8 cm³/mol. The molecule has 4 nitrogen and oxygen atoms in total. The van der Waals surface area contributed by atoms with Gasteiger partial charge in [-0.3, -0.25) is 4.79 Å². The molecule has 0 amide bonds. The van der Waals surface area contributed by atoms with Crippen LogP contribution in [0.1, 0.15) is 19.3 Å². The topological polar surface area (TPSA) is 66.8 Å². The van der Waals surface area contributed by atoms with Crippen molar-refractivity contribution in [2.75, 3.05) is 6.61 Å². The van der Waals surface area contributed by atoms with Crippen molar-refractivity contribution in [3.8, 4) is 0 Å². The van der Waals surface area contributed by atoms with Crippen molar-refractivity contribution in [2.24, 2.45) is 0 Å². The molecule has 1 saturated heterocycles. The van der Waals surface area contributed by atoms with Gasteiger partial charge in [-0.2, -0.15) is 0 Å². The van der Waals surface area contributed by atoms with E-state index in [0.29, 0.717) is 19.3 Å². The highest BCUT2D eigenvalue weighted by Crippen LogP contribution is 2.17. The Labute approximate surface area is 64.8 Å². The second-order valence-electron chi connectivity index (χ2n) is 2.72. The lowest BCUT2D eigenvalue weighted by Gasteiger charge is -2.11. The molecule has 2 N–H and O–H groups in total. The Bertz CT molecular complexity index is 145. The molecule has 1 heterocycles. The van der Waals surface area contributed by atoms with E-state index in [-0.39, 0.29) is 18.7 Å². The number of hydrogen-bond donors (Lipinski definition) is 2. The summed E-state index contributed by atoms with van der Waals surface area (Å²) in [6.07, 6.45) is 0.497. The third-order valence-corrected chi connectivity index (χ3v) is 1.71. The van der Waals surface area contributed by atoms with Gasteiger partial charge in [-0.25, -0.2) is 0 Å². The van der Waals surface area contributed by atoms with Gasteiger partial charge < -0.3 is 14.9 Å². The average Bonchev–Trinajstić information content (AvgIpc) is 2.35. The Morgan fingerprint density at radius 3 is 2.91 bits per heavy atom. The summed E-state index contributed by atoms with van der Waals surface area (Å²) in [5.41, 5.74) is 0. The van der Waals surface area contributed by atoms with E-state index < -0.39 is 6.10 Å². The maximum absolute atomic E-state index is 10.6. The smallest absolute Gasteiger partial charge is 0.306 e. The number of aliphatic hydroxyl groups excluding tert-OH is 2. The van der Waals surface area contributed by atoms with E-state index in [1.807, 2.05) is 0 Å². The van der Waals surface area contributed by atoms with Crippen molar-refractivity contribution in [3.63, 3.8) is 0 Å². The Morgan fingerprint density at radius 1 is 1.73 bits per heavy atom. The first-order valence-corrected chi connectivity index (χ1v) is 3.70. The Balaban J connectivity index is 2.22. The summed E-state index contributed by atoms with van der Waals surface area (Å²) in [5, 5.41) is 17.4. The maximum Gasteiger partial charge on any atom is 0.306 e. The summed E-state index contributed by atoms with van der Waals surface area (Å²) in [6, 6.07) is 0. The minimum absolute atomic E-state index is 0.190. The number of hydrogen-bond acceptors (Lipinski definition) is 4. The highest BCUT2D eigenvalue weighted by atomic mass is 16.5. The van der Waals surface area contributed by atoms with Crippen molar-refractivity contribution < 1.29 is 19.7 Å². The Morgan fingerprint density at radius 2 is 2.45 bits per heavy atom. The maximum atomic E-state index is 10.6. The molecule has 1 rings (SSSR count). The number of ether oxygens (including phenoxy) is 1. The van der Waals surface area contributed by atoms with Gasteiger partial charge in [-0.15, -0.1) is 0 Å². The number of rotatable bonds is 3. The van der Waals surface area contributed by atoms with Crippen LogP contribution < -0.4 is 0 Å². The minimum atomic E-state index is -0.758. The quantitative estimate of drug-likeness (QED) is 0.543. The molecular formula is C7H12O4. The zero-order valence-corrected chi connectivity index (χ0v) is 6.19. The zero-order valence-electron chi connectivity index (χ0n) is 6.19. The molecular weight excluding hydrogens is 148 g/mol. The fraction of sp³-hybridized carbons (Fsp3) is 0.857. The lowest BCUT2D eigenvalue weighted by Crippen LogP contribution is -2.20. The number of cyclic esters (lactones) is 1. The van der Waals surface area contributed by atoms with E-state index in [1.165, 1.54) is 0 Å². The van der Waals surface area contributed by atoms with Crippen molar-refractivity contribution >= 4 is 5.97 Å². The highest BCUT2D eigenvalue weighted by molar-refractivity contribution is 5.71. The first-order chi connectivity index (χ1) is 5.22. The molecule has 0 unspecified atom stereocenters. The first-order valence-electron chi connectivity index (χ1n) is 3.70. The lowest BCUT2D eigenvalue weighted by molar-refractivity contribution is -0.142. The van der Waals surface area contributed by atoms with E-state index in [9.17, 15) is 4.79 Å². The molecule has 0 aromatic carbocycles. The van der Waals surface area contributed by atoms with Gasteiger partial charge in [0.05, 0.1) is 12.7 Å². The van der Waals surface area contributed by atoms with Crippen molar-refractivity contribution in [1.29, 1.82) is 0 Å². The number of carbonyl (C=O) groups excluding carboxylic acids is 1. The molecule has 0 aromatic heterocycles. The van der Waals surface area contributed by atoms with Gasteiger partial charge in [0.2, 0.25) is 0 Å². The number of carbonyl (C=O) groups is 1. The average molecular weight is 160 g/mol. The molecule has 0 radical (unpaired) electrons. The summed E-state index contributed by atoms with van der Waals surface area (Å²) >= 11 is 0. The number of aliphatic hydroxyl groups is 2. The third-order valence-electron chi connectivity index (χ3n) is 1.71. The molecule has 1 aliphatic heterocycles. The molecule has 0 aliphatic carbocycles. The van der Waals surface area contributed by atoms with Crippen LogP contribution in [0.4, 0.5) is 0 Å². The second-order valence-corrected chi connectivity index (χ2v) is 2.72. The lowest BCUT2D eigenvalue weighted by atomic mass is 10.1. The number of esters is 1. The van der Waals surface area contributed by atoms with E-state index in [1.54, 1.807) is 0 Å². The zero-order chi connectivity index (χ0) is 8.27. The Hall–Kier alpha value is -0.610. The SMILES string of the molecule is O=C1CC[C@H](C[C@@H](O)CO)O1. The molecule has 1 fully saturated rings. The molecule has 0 aromatic rings. The largest absolute Gasteiger partial charge is 0.462 e. The van der Waals surface area contributed by atoms with E-state index >= 15 is 0 Å². The van der Waals surface area contributed by atoms with E-state index in [0.717, 1.165) is 0 Å². The molecule has 64 valence electrons. The van der Waals surface area contributed by atoms with Gasteiger partial charge in [0.25, 0.3) is 0 Å². The van der Waals surface area contributed by atoms with Crippen LogP contribution in [0.15, 0.2) is 0 Å². The summed E-state index contributed by atoms with van der Waals surface area (Å²) in [5.74, 6) is -0.208. The van der Waals surface area contributed by atoms with Gasteiger partial charge in [0.15, 0.2) is 0 Å². The van der Waals surface area contributed by atoms with Gasteiger partial charge in [0.1, 0.15) is 6.10 Å². The van der Waals surface area contributed by atoms with Crippen LogP contribution in [0.3, 0.4) is 0 Å². The summed E-state index contributed by atoms with van der Waals surface area (Å²) < 4.78 is 4.82. The normalized spacial score (nSPS) is 26.7. The standard InChI is InChI=1S/C7H12O4/c8-4-5(9)3-6-1-2-7(10)11-6/h5-6,8-9H,1-4H2/t5-,6-/m1/s1. The summed E-state index contributed by atoms with van der Waals surface area (Å²) in [4.78, 5) is 10.6. The third kappa shape index (κ3) is 2.48. The predicted octanol–water partition coefficient (Wildman–Crippen LogP) is -0.565. The van der Waals surface area contributed by atoms with Gasteiger partial charge in [-0.05, 0) is 6.42 Å². The van der Waals surface area contributed by atoms with E-state index in [2.05, 4.69) is 0 Å². The Kier molecular flexibility index (Phi) is 2.84. The molecule has 11 heavy (non-hydrogen) atoms. The summed E-state index contributed by atoms with van der Waals surface area (Å²) in [7, 11) is 0. The molecule has 0 spiro atoms. The van der Waals surface area contributed by atoms with Crippen LogP contribution in [-0.4, -0.2) is 35.0 Å². The first kappa shape index (κ1) is 8.49. The fourth-order valence-electron chi connectivity index (χ4n) is 1.13. The highest BCUT2D eigenvalue weighted by Gasteiger charge is 2.25. The fourth-order valence-corrected chi connectivity index (χ4v) is 1.13. The van der Waals surface area contributed by atoms with Crippen molar-refractivity contribution in [3.05, 3.63) is 0 Å². The van der Waals surface area contributed by atoms with Crippen molar-refractivity contribution in [2.45, 2.75) is 31.5 Å². The van der Waals surface area contributed by atoms with Gasteiger partial charge >= 0.3 is 5.97 Å². The molecule has 2 atom stereocenters. The van der Waals surface area contributed by atoms with Crippen LogP contribution in [0.5, 0.6) is 0 Å². The molecule has 4 heteroatoms. The van der Waals surface area contributed by atoms with Crippen LogP contribution >= 0.6 is 0 Å².